The molecule has 0 saturated carbocycles. The van der Waals surface area contributed by atoms with Crippen LogP contribution < -0.4 is 5.32 Å². The van der Waals surface area contributed by atoms with Gasteiger partial charge in [-0.3, -0.25) is 4.79 Å². The lowest BCUT2D eigenvalue weighted by Gasteiger charge is -2.30. The Hall–Kier alpha value is -2.87. The summed E-state index contributed by atoms with van der Waals surface area (Å²) in [5.74, 6) is 0.00779. The number of fused-ring (bicyclic) bond motifs is 1. The lowest BCUT2D eigenvalue weighted by molar-refractivity contribution is -0.118. The van der Waals surface area contributed by atoms with Crippen LogP contribution in [0.5, 0.6) is 0 Å². The first-order valence-electron chi connectivity index (χ1n) is 9.01. The van der Waals surface area contributed by atoms with Crippen molar-refractivity contribution in [2.45, 2.75) is 31.6 Å². The molecule has 3 aromatic rings. The van der Waals surface area contributed by atoms with Crippen molar-refractivity contribution in [3.05, 3.63) is 101 Å². The number of nitrogens with one attached hydrogen (secondary N) is 1. The van der Waals surface area contributed by atoms with Gasteiger partial charge < -0.3 is 5.32 Å². The molecule has 0 saturated heterocycles. The standard InChI is InChI=1S/C24H23NO/c1-23(2,3)17-13-15-19(16-14-17)24(18-9-5-4-6-10-18)20-11-7-8-12-21(20)25-22(24)26/h4-16H,1-3H3,(H,25,26). The number of anilines is 1. The largest absolute Gasteiger partial charge is 0.324 e. The zero-order chi connectivity index (χ0) is 18.4. The maximum atomic E-state index is 13.3. The van der Waals surface area contributed by atoms with Gasteiger partial charge in [0.1, 0.15) is 5.41 Å². The van der Waals surface area contributed by atoms with Gasteiger partial charge in [0.25, 0.3) is 0 Å². The Morgan fingerprint density at radius 3 is 1.96 bits per heavy atom. The zero-order valence-electron chi connectivity index (χ0n) is 15.4. The van der Waals surface area contributed by atoms with Crippen LogP contribution in [0.2, 0.25) is 0 Å². The van der Waals surface area contributed by atoms with Gasteiger partial charge in [0.2, 0.25) is 5.91 Å². The number of hydrogen-bond donors (Lipinski definition) is 1. The zero-order valence-corrected chi connectivity index (χ0v) is 15.4. The summed E-state index contributed by atoms with van der Waals surface area (Å²) in [4.78, 5) is 13.3. The maximum absolute atomic E-state index is 13.3. The quantitative estimate of drug-likeness (QED) is 0.676. The van der Waals surface area contributed by atoms with Crippen LogP contribution in [0.1, 0.15) is 43.0 Å². The third-order valence-corrected chi connectivity index (χ3v) is 5.31. The Kier molecular flexibility index (Phi) is 3.73. The number of carbonyl (C=O) groups is 1. The summed E-state index contributed by atoms with van der Waals surface area (Å²) < 4.78 is 0. The topological polar surface area (TPSA) is 29.1 Å². The SMILES string of the molecule is CC(C)(C)c1ccc(C2(c3ccccc3)C(=O)Nc3ccccc32)cc1. The monoisotopic (exact) mass is 341 g/mol. The highest BCUT2D eigenvalue weighted by Crippen LogP contribution is 2.47. The first kappa shape index (κ1) is 16.6. The van der Waals surface area contributed by atoms with E-state index in [0.29, 0.717) is 0 Å². The van der Waals surface area contributed by atoms with E-state index >= 15 is 0 Å². The molecule has 0 bridgehead atoms. The molecule has 1 N–H and O–H groups in total. The first-order chi connectivity index (χ1) is 12.4. The van der Waals surface area contributed by atoms with Crippen molar-refractivity contribution in [3.8, 4) is 0 Å². The predicted octanol–water partition coefficient (Wildman–Crippen LogP) is 5.27. The molecule has 26 heavy (non-hydrogen) atoms. The van der Waals surface area contributed by atoms with Gasteiger partial charge in [0, 0.05) is 11.3 Å². The number of amides is 1. The van der Waals surface area contributed by atoms with Crippen molar-refractivity contribution in [1.82, 2.24) is 0 Å². The third kappa shape index (κ3) is 2.37. The molecule has 0 spiro atoms. The predicted molar refractivity (Wildman–Crippen MR) is 107 cm³/mol. The van der Waals surface area contributed by atoms with Gasteiger partial charge in [-0.05, 0) is 28.2 Å². The highest BCUT2D eigenvalue weighted by molar-refractivity contribution is 6.11. The number of para-hydroxylation sites is 1. The molecule has 2 nitrogen and oxygen atoms in total. The fourth-order valence-corrected chi connectivity index (χ4v) is 3.91. The molecule has 1 unspecified atom stereocenters. The highest BCUT2D eigenvalue weighted by Gasteiger charge is 2.49. The lowest BCUT2D eigenvalue weighted by Crippen LogP contribution is -2.37. The van der Waals surface area contributed by atoms with Crippen LogP contribution in [0.15, 0.2) is 78.9 Å². The second kappa shape index (κ2) is 5.84. The number of benzene rings is 3. The average Bonchev–Trinajstić information content (AvgIpc) is 2.94. The van der Waals surface area contributed by atoms with E-state index in [1.54, 1.807) is 0 Å². The van der Waals surface area contributed by atoms with E-state index in [1.165, 1.54) is 5.56 Å². The molecule has 3 aromatic carbocycles. The van der Waals surface area contributed by atoms with Gasteiger partial charge in [0.05, 0.1) is 0 Å². The summed E-state index contributed by atoms with van der Waals surface area (Å²) in [6.45, 7) is 6.60. The van der Waals surface area contributed by atoms with Crippen molar-refractivity contribution in [2.75, 3.05) is 5.32 Å². The minimum absolute atomic E-state index is 0.00779. The van der Waals surface area contributed by atoms with Gasteiger partial charge >= 0.3 is 0 Å². The number of rotatable bonds is 2. The van der Waals surface area contributed by atoms with E-state index in [2.05, 4.69) is 56.4 Å². The summed E-state index contributed by atoms with van der Waals surface area (Å²) in [5.41, 5.74) is 4.42. The molecule has 1 atom stereocenters. The van der Waals surface area contributed by atoms with Crippen molar-refractivity contribution >= 4 is 11.6 Å². The molecular weight excluding hydrogens is 318 g/mol. The van der Waals surface area contributed by atoms with E-state index in [4.69, 9.17) is 0 Å². The summed E-state index contributed by atoms with van der Waals surface area (Å²) in [6.07, 6.45) is 0. The Morgan fingerprint density at radius 1 is 0.731 bits per heavy atom. The third-order valence-electron chi connectivity index (χ3n) is 5.31. The molecule has 1 aliphatic heterocycles. The second-order valence-electron chi connectivity index (χ2n) is 7.94. The number of carbonyl (C=O) groups excluding carboxylic acids is 1. The van der Waals surface area contributed by atoms with Crippen molar-refractivity contribution in [2.24, 2.45) is 0 Å². The second-order valence-corrected chi connectivity index (χ2v) is 7.94. The smallest absolute Gasteiger partial charge is 0.244 e. The normalized spacial score (nSPS) is 19.1. The molecule has 2 heteroatoms. The van der Waals surface area contributed by atoms with E-state index in [1.807, 2.05) is 48.5 Å². The molecule has 1 aliphatic rings. The minimum Gasteiger partial charge on any atom is -0.324 e. The molecular formula is C24H23NO. The van der Waals surface area contributed by atoms with Gasteiger partial charge in [-0.1, -0.05) is 93.6 Å². The van der Waals surface area contributed by atoms with Crippen LogP contribution in [0.3, 0.4) is 0 Å². The van der Waals surface area contributed by atoms with Crippen LogP contribution in [0.4, 0.5) is 5.69 Å². The summed E-state index contributed by atoms with van der Waals surface area (Å²) in [6, 6.07) is 26.6. The summed E-state index contributed by atoms with van der Waals surface area (Å²) in [5, 5.41) is 3.09. The van der Waals surface area contributed by atoms with E-state index in [0.717, 1.165) is 22.4 Å². The van der Waals surface area contributed by atoms with Gasteiger partial charge in [-0.2, -0.15) is 0 Å². The molecule has 4 rings (SSSR count). The summed E-state index contributed by atoms with van der Waals surface area (Å²) in [7, 11) is 0. The fourth-order valence-electron chi connectivity index (χ4n) is 3.91. The van der Waals surface area contributed by atoms with Gasteiger partial charge in [-0.15, -0.1) is 0 Å². The van der Waals surface area contributed by atoms with Crippen LogP contribution >= 0.6 is 0 Å². The van der Waals surface area contributed by atoms with Gasteiger partial charge in [0.15, 0.2) is 0 Å². The van der Waals surface area contributed by atoms with Crippen LogP contribution in [0.25, 0.3) is 0 Å². The molecule has 130 valence electrons. The first-order valence-corrected chi connectivity index (χ1v) is 9.01. The molecule has 1 amide bonds. The van der Waals surface area contributed by atoms with E-state index in [9.17, 15) is 4.79 Å². The Labute approximate surface area is 154 Å². The van der Waals surface area contributed by atoms with Crippen molar-refractivity contribution in [3.63, 3.8) is 0 Å². The fraction of sp³-hybridized carbons (Fsp3) is 0.208. The Morgan fingerprint density at radius 2 is 1.31 bits per heavy atom. The minimum atomic E-state index is -0.811. The highest BCUT2D eigenvalue weighted by atomic mass is 16.2. The van der Waals surface area contributed by atoms with Crippen molar-refractivity contribution < 1.29 is 4.79 Å². The van der Waals surface area contributed by atoms with Crippen LogP contribution in [-0.4, -0.2) is 5.91 Å². The van der Waals surface area contributed by atoms with Crippen LogP contribution in [0, 0.1) is 0 Å². The Balaban J connectivity index is 1.99. The average molecular weight is 341 g/mol. The van der Waals surface area contributed by atoms with E-state index in [-0.39, 0.29) is 11.3 Å². The van der Waals surface area contributed by atoms with Crippen LogP contribution in [-0.2, 0) is 15.6 Å². The molecule has 1 heterocycles. The molecule has 0 aliphatic carbocycles. The lowest BCUT2D eigenvalue weighted by atomic mass is 9.69. The molecule has 0 fully saturated rings. The maximum Gasteiger partial charge on any atom is 0.244 e. The molecule has 0 aromatic heterocycles. The van der Waals surface area contributed by atoms with Gasteiger partial charge in [-0.25, -0.2) is 0 Å². The summed E-state index contributed by atoms with van der Waals surface area (Å²) >= 11 is 0. The number of hydrogen-bond acceptors (Lipinski definition) is 1. The van der Waals surface area contributed by atoms with E-state index < -0.39 is 5.41 Å². The Bertz CT molecular complexity index is 952. The van der Waals surface area contributed by atoms with Crippen molar-refractivity contribution in [1.29, 1.82) is 0 Å². The molecule has 0 radical (unpaired) electrons.